The Labute approximate surface area is 159 Å². The number of fused-ring (bicyclic) bond motifs is 2. The van der Waals surface area contributed by atoms with E-state index in [4.69, 9.17) is 4.74 Å². The molecule has 0 saturated carbocycles. The third-order valence-corrected chi connectivity index (χ3v) is 5.82. The summed E-state index contributed by atoms with van der Waals surface area (Å²) in [6.45, 7) is 2.10. The minimum Gasteiger partial charge on any atom is -0.507 e. The second kappa shape index (κ2) is 11.3. The summed E-state index contributed by atoms with van der Waals surface area (Å²) in [5, 5.41) is 10.5. The van der Waals surface area contributed by atoms with Crippen molar-refractivity contribution in [1.82, 2.24) is 0 Å². The number of hydrogen-bond acceptors (Lipinski definition) is 3. The molecule has 0 atom stereocenters. The molecule has 0 fully saturated rings. The van der Waals surface area contributed by atoms with Gasteiger partial charge in [0.1, 0.15) is 11.3 Å². The lowest BCUT2D eigenvalue weighted by Crippen LogP contribution is -2.10. The minimum atomic E-state index is -0.418. The molecule has 26 heavy (non-hydrogen) atoms. The van der Waals surface area contributed by atoms with Gasteiger partial charge in [-0.2, -0.15) is 0 Å². The first-order valence-corrected chi connectivity index (χ1v) is 10.6. The van der Waals surface area contributed by atoms with E-state index in [9.17, 15) is 9.90 Å². The molecule has 1 aliphatic carbocycles. The molecule has 146 valence electrons. The molecule has 3 nitrogen and oxygen atoms in total. The van der Waals surface area contributed by atoms with Crippen LogP contribution < -0.4 is 0 Å². The van der Waals surface area contributed by atoms with Crippen LogP contribution >= 0.6 is 0 Å². The van der Waals surface area contributed by atoms with E-state index in [1.807, 2.05) is 0 Å². The predicted octanol–water partition coefficient (Wildman–Crippen LogP) is 6.27. The summed E-state index contributed by atoms with van der Waals surface area (Å²) in [4.78, 5) is 12.2. The summed E-state index contributed by atoms with van der Waals surface area (Å²) in [5.74, 6) is -0.330. The zero-order valence-corrected chi connectivity index (χ0v) is 16.7. The van der Waals surface area contributed by atoms with Gasteiger partial charge in [-0.3, -0.25) is 0 Å². The number of esters is 1. The number of carbonyl (C=O) groups is 1. The van der Waals surface area contributed by atoms with E-state index < -0.39 is 5.97 Å². The number of methoxy groups -OCH3 is 1. The Bertz CT molecular complexity index is 577. The van der Waals surface area contributed by atoms with Crippen molar-refractivity contribution < 1.29 is 14.6 Å². The lowest BCUT2D eigenvalue weighted by molar-refractivity contribution is 0.0596. The maximum atomic E-state index is 12.2. The van der Waals surface area contributed by atoms with E-state index in [1.165, 1.54) is 82.4 Å². The number of hydrogen-bond donors (Lipinski definition) is 1. The van der Waals surface area contributed by atoms with Gasteiger partial charge in [0.25, 0.3) is 0 Å². The van der Waals surface area contributed by atoms with Crippen molar-refractivity contribution in [2.24, 2.45) is 0 Å². The van der Waals surface area contributed by atoms with Crippen LogP contribution in [0, 0.1) is 6.92 Å². The van der Waals surface area contributed by atoms with Crippen LogP contribution in [0.2, 0.25) is 0 Å². The monoisotopic (exact) mass is 360 g/mol. The number of ether oxygens (including phenoxy) is 1. The molecule has 0 aliphatic heterocycles. The lowest BCUT2D eigenvalue weighted by atomic mass is 9.90. The molecule has 1 aromatic rings. The van der Waals surface area contributed by atoms with Crippen molar-refractivity contribution in [3.05, 3.63) is 28.3 Å². The zero-order chi connectivity index (χ0) is 18.8. The van der Waals surface area contributed by atoms with Crippen LogP contribution in [-0.2, 0) is 17.6 Å². The van der Waals surface area contributed by atoms with E-state index >= 15 is 0 Å². The maximum Gasteiger partial charge on any atom is 0.341 e. The number of rotatable bonds is 1. The molecule has 2 rings (SSSR count). The molecule has 0 unspecified atom stereocenters. The van der Waals surface area contributed by atoms with Crippen LogP contribution in [-0.4, -0.2) is 18.2 Å². The third kappa shape index (κ3) is 6.03. The van der Waals surface area contributed by atoms with E-state index in [-0.39, 0.29) is 5.75 Å². The van der Waals surface area contributed by atoms with Gasteiger partial charge in [0.15, 0.2) is 0 Å². The average Bonchev–Trinajstić information content (AvgIpc) is 2.63. The van der Waals surface area contributed by atoms with Crippen molar-refractivity contribution >= 4 is 5.97 Å². The summed E-state index contributed by atoms with van der Waals surface area (Å²) in [5.41, 5.74) is 3.74. The molecule has 0 heterocycles. The highest BCUT2D eigenvalue weighted by atomic mass is 16.5. The molecule has 1 N–H and O–H groups in total. The van der Waals surface area contributed by atoms with Crippen LogP contribution in [0.4, 0.5) is 0 Å². The standard InChI is InChI=1S/C23H36O3/c1-18-19-15-13-11-9-7-5-3-4-6-8-10-12-14-16-20(18)22(21(24)17-19)23(25)26-2/h17,24H,3-16H2,1-2H3. The second-order valence-electron chi connectivity index (χ2n) is 7.77. The van der Waals surface area contributed by atoms with Gasteiger partial charge in [0, 0.05) is 0 Å². The van der Waals surface area contributed by atoms with Gasteiger partial charge in [-0.25, -0.2) is 4.79 Å². The summed E-state index contributed by atoms with van der Waals surface area (Å²) in [7, 11) is 1.39. The number of phenols is 1. The van der Waals surface area contributed by atoms with Crippen molar-refractivity contribution in [3.8, 4) is 5.75 Å². The highest BCUT2D eigenvalue weighted by Gasteiger charge is 2.21. The van der Waals surface area contributed by atoms with Gasteiger partial charge in [0.05, 0.1) is 7.11 Å². The molecule has 1 aliphatic rings. The fraction of sp³-hybridized carbons (Fsp3) is 0.696. The molecule has 0 saturated heterocycles. The van der Waals surface area contributed by atoms with Crippen LogP contribution in [0.1, 0.15) is 104 Å². The molecule has 3 heteroatoms. The van der Waals surface area contributed by atoms with E-state index in [1.54, 1.807) is 6.07 Å². The van der Waals surface area contributed by atoms with Crippen molar-refractivity contribution in [1.29, 1.82) is 0 Å². The van der Waals surface area contributed by atoms with Gasteiger partial charge in [-0.1, -0.05) is 64.2 Å². The van der Waals surface area contributed by atoms with Crippen LogP contribution in [0.3, 0.4) is 0 Å². The van der Waals surface area contributed by atoms with Gasteiger partial charge >= 0.3 is 5.97 Å². The van der Waals surface area contributed by atoms with Crippen molar-refractivity contribution in [3.63, 3.8) is 0 Å². The summed E-state index contributed by atoms with van der Waals surface area (Å²) < 4.78 is 4.93. The Morgan fingerprint density at radius 2 is 1.31 bits per heavy atom. The first kappa shape index (κ1) is 20.8. The first-order valence-electron chi connectivity index (χ1n) is 10.6. The zero-order valence-electron chi connectivity index (χ0n) is 16.7. The Hall–Kier alpha value is -1.51. The number of aromatic hydroxyl groups is 1. The Kier molecular flexibility index (Phi) is 9.00. The van der Waals surface area contributed by atoms with Crippen molar-refractivity contribution in [2.75, 3.05) is 7.11 Å². The fourth-order valence-electron chi connectivity index (χ4n) is 4.17. The molecule has 0 radical (unpaired) electrons. The predicted molar refractivity (Wildman–Crippen MR) is 107 cm³/mol. The summed E-state index contributed by atoms with van der Waals surface area (Å²) in [6, 6.07) is 1.79. The van der Waals surface area contributed by atoms with E-state index in [0.717, 1.165) is 31.2 Å². The normalized spacial score (nSPS) is 18.1. The average molecular weight is 361 g/mol. The Morgan fingerprint density at radius 1 is 0.846 bits per heavy atom. The third-order valence-electron chi connectivity index (χ3n) is 5.82. The molecular weight excluding hydrogens is 324 g/mol. The lowest BCUT2D eigenvalue weighted by Gasteiger charge is -2.17. The first-order chi connectivity index (χ1) is 12.6. The summed E-state index contributed by atoms with van der Waals surface area (Å²) in [6.07, 6.45) is 17.2. The second-order valence-corrected chi connectivity index (χ2v) is 7.77. The highest BCUT2D eigenvalue weighted by molar-refractivity contribution is 5.94. The molecule has 2 bridgehead atoms. The Balaban J connectivity index is 2.20. The SMILES string of the molecule is COC(=O)c1c(O)cc2c(C)c1CCCCCCCCCCCCCC2. The smallest absolute Gasteiger partial charge is 0.341 e. The highest BCUT2D eigenvalue weighted by Crippen LogP contribution is 2.31. The summed E-state index contributed by atoms with van der Waals surface area (Å²) >= 11 is 0. The number of aryl methyl sites for hydroxylation is 1. The Morgan fingerprint density at radius 3 is 1.81 bits per heavy atom. The van der Waals surface area contributed by atoms with Crippen LogP contribution in [0.25, 0.3) is 0 Å². The fourth-order valence-corrected chi connectivity index (χ4v) is 4.17. The minimum absolute atomic E-state index is 0.0883. The number of carbonyl (C=O) groups excluding carboxylic acids is 1. The van der Waals surface area contributed by atoms with E-state index in [2.05, 4.69) is 6.92 Å². The quantitative estimate of drug-likeness (QED) is 0.601. The van der Waals surface area contributed by atoms with Crippen molar-refractivity contribution in [2.45, 2.75) is 96.8 Å². The number of phenolic OH excluding ortho intramolecular Hbond substituents is 1. The molecule has 1 aromatic carbocycles. The van der Waals surface area contributed by atoms with Gasteiger partial charge in [-0.05, 0) is 55.4 Å². The van der Waals surface area contributed by atoms with Gasteiger partial charge in [-0.15, -0.1) is 0 Å². The molecule has 0 aromatic heterocycles. The maximum absolute atomic E-state index is 12.2. The number of benzene rings is 1. The molecule has 0 spiro atoms. The molecular formula is C23H36O3. The largest absolute Gasteiger partial charge is 0.507 e. The topological polar surface area (TPSA) is 46.5 Å². The van der Waals surface area contributed by atoms with Gasteiger partial charge in [0.2, 0.25) is 0 Å². The van der Waals surface area contributed by atoms with Crippen LogP contribution in [0.5, 0.6) is 5.75 Å². The molecule has 0 amide bonds. The van der Waals surface area contributed by atoms with Gasteiger partial charge < -0.3 is 9.84 Å². The van der Waals surface area contributed by atoms with E-state index in [0.29, 0.717) is 5.56 Å². The van der Waals surface area contributed by atoms with Crippen LogP contribution in [0.15, 0.2) is 6.07 Å².